The molecule has 1 saturated carbocycles. The first-order chi connectivity index (χ1) is 19.9. The number of anilines is 1. The predicted octanol–water partition coefficient (Wildman–Crippen LogP) is 5.49. The van der Waals surface area contributed by atoms with Crippen LogP contribution in [-0.2, 0) is 20.7 Å². The normalized spacial score (nSPS) is 17.8. The number of amides is 3. The third-order valence-corrected chi connectivity index (χ3v) is 7.99. The number of carbonyl (C=O) groups is 3. The number of hydrogen-bond donors (Lipinski definition) is 3. The number of aromatic amines is 1. The van der Waals surface area contributed by atoms with Crippen LogP contribution in [0.15, 0.2) is 48.5 Å². The van der Waals surface area contributed by atoms with Crippen LogP contribution in [-0.4, -0.2) is 51.3 Å². The lowest BCUT2D eigenvalue weighted by molar-refractivity contribution is -0.130. The third-order valence-electron chi connectivity index (χ3n) is 7.10. The minimum Gasteiger partial charge on any atom is -0.444 e. The molecule has 1 aliphatic carbocycles. The van der Waals surface area contributed by atoms with Gasteiger partial charge in [-0.1, -0.05) is 12.1 Å². The van der Waals surface area contributed by atoms with Gasteiger partial charge in [-0.2, -0.15) is 10.1 Å². The molecule has 3 aromatic rings. The zero-order chi connectivity index (χ0) is 30.4. The summed E-state index contributed by atoms with van der Waals surface area (Å²) in [5.74, 6) is -0.444. The van der Waals surface area contributed by atoms with Gasteiger partial charge in [-0.25, -0.2) is 14.8 Å². The molecular formula is C30H36ClIN6O4. The van der Waals surface area contributed by atoms with E-state index in [0.717, 1.165) is 22.0 Å². The number of hydrogen-bond acceptors (Lipinski definition) is 7. The number of nitrogens with one attached hydrogen (secondary N) is 2. The summed E-state index contributed by atoms with van der Waals surface area (Å²) in [5.41, 5.74) is 7.88. The van der Waals surface area contributed by atoms with Gasteiger partial charge < -0.3 is 15.8 Å². The lowest BCUT2D eigenvalue weighted by Crippen LogP contribution is -2.50. The Labute approximate surface area is 264 Å². The number of alkyl carbamates (subject to hydrolysis) is 1. The maximum Gasteiger partial charge on any atom is 0.407 e. The van der Waals surface area contributed by atoms with Crippen LogP contribution >= 0.6 is 34.2 Å². The lowest BCUT2D eigenvalue weighted by Gasteiger charge is -2.32. The molecule has 0 spiro atoms. The summed E-state index contributed by atoms with van der Waals surface area (Å²) in [4.78, 5) is 45.1. The zero-order valence-electron chi connectivity index (χ0n) is 23.9. The maximum atomic E-state index is 13.9. The van der Waals surface area contributed by atoms with E-state index in [2.05, 4.69) is 43.1 Å². The molecule has 1 fully saturated rings. The van der Waals surface area contributed by atoms with Crippen LogP contribution < -0.4 is 16.0 Å². The molecule has 4 rings (SSSR count). The van der Waals surface area contributed by atoms with E-state index < -0.39 is 23.6 Å². The average molecular weight is 707 g/mol. The van der Waals surface area contributed by atoms with Crippen LogP contribution in [0, 0.1) is 15.4 Å². The number of nitrogens with zero attached hydrogens (tertiary/aromatic N) is 3. The molecule has 1 heterocycles. The fourth-order valence-electron chi connectivity index (χ4n) is 4.96. The van der Waals surface area contributed by atoms with Gasteiger partial charge in [-0.05, 0) is 135 Å². The number of nitrogens with two attached hydrogens (primary N) is 1. The van der Waals surface area contributed by atoms with Gasteiger partial charge in [0.2, 0.25) is 11.2 Å². The van der Waals surface area contributed by atoms with Crippen LogP contribution in [0.3, 0.4) is 0 Å². The molecule has 2 aromatic carbocycles. The summed E-state index contributed by atoms with van der Waals surface area (Å²) < 4.78 is 6.41. The summed E-state index contributed by atoms with van der Waals surface area (Å²) >= 11 is 8.10. The fourth-order valence-corrected chi connectivity index (χ4v) is 5.44. The van der Waals surface area contributed by atoms with E-state index in [9.17, 15) is 14.4 Å². The lowest BCUT2D eigenvalue weighted by atomic mass is 9.81. The monoisotopic (exact) mass is 706 g/mol. The van der Waals surface area contributed by atoms with Crippen molar-refractivity contribution in [1.82, 2.24) is 20.5 Å². The van der Waals surface area contributed by atoms with Crippen molar-refractivity contribution in [2.24, 2.45) is 17.6 Å². The second-order valence-electron chi connectivity index (χ2n) is 11.5. The molecule has 0 radical (unpaired) electrons. The second-order valence-corrected chi connectivity index (χ2v) is 13.1. The molecule has 10 nitrogen and oxygen atoms in total. The van der Waals surface area contributed by atoms with E-state index in [0.29, 0.717) is 42.9 Å². The summed E-state index contributed by atoms with van der Waals surface area (Å²) in [5, 5.41) is 9.66. The summed E-state index contributed by atoms with van der Waals surface area (Å²) in [7, 11) is 0. The highest BCUT2D eigenvalue weighted by atomic mass is 127. The molecule has 0 aliphatic heterocycles. The fraction of sp³-hybridized carbons (Fsp3) is 0.433. The first kappa shape index (κ1) is 31.9. The highest BCUT2D eigenvalue weighted by molar-refractivity contribution is 14.1. The maximum absolute atomic E-state index is 13.9. The van der Waals surface area contributed by atoms with Crippen molar-refractivity contribution in [2.75, 3.05) is 11.4 Å². The minimum absolute atomic E-state index is 0.166. The topological polar surface area (TPSA) is 143 Å². The van der Waals surface area contributed by atoms with Gasteiger partial charge in [0.1, 0.15) is 5.60 Å². The zero-order valence-corrected chi connectivity index (χ0v) is 26.8. The minimum atomic E-state index is -0.908. The van der Waals surface area contributed by atoms with E-state index in [1.165, 1.54) is 4.90 Å². The summed E-state index contributed by atoms with van der Waals surface area (Å²) in [6.45, 7) is 5.94. The van der Waals surface area contributed by atoms with Gasteiger partial charge in [0.25, 0.3) is 5.91 Å². The predicted molar refractivity (Wildman–Crippen MR) is 170 cm³/mol. The number of aromatic nitrogens is 3. The smallest absolute Gasteiger partial charge is 0.407 e. The van der Waals surface area contributed by atoms with E-state index in [1.807, 2.05) is 45.0 Å². The molecule has 224 valence electrons. The number of imide groups is 1. The molecule has 42 heavy (non-hydrogen) atoms. The van der Waals surface area contributed by atoms with Crippen molar-refractivity contribution in [1.29, 1.82) is 0 Å². The molecule has 3 amide bonds. The molecule has 1 aliphatic rings. The highest BCUT2D eigenvalue weighted by Crippen LogP contribution is 2.32. The molecule has 12 heteroatoms. The van der Waals surface area contributed by atoms with E-state index in [-0.39, 0.29) is 23.0 Å². The van der Waals surface area contributed by atoms with Crippen molar-refractivity contribution < 1.29 is 19.1 Å². The van der Waals surface area contributed by atoms with E-state index in [4.69, 9.17) is 22.1 Å². The first-order valence-corrected chi connectivity index (χ1v) is 15.4. The number of carbonyl (C=O) groups excluding carboxylic acids is 3. The van der Waals surface area contributed by atoms with E-state index >= 15 is 0 Å². The second kappa shape index (κ2) is 14.0. The summed E-state index contributed by atoms with van der Waals surface area (Å²) in [6.07, 6.45) is 2.54. The molecule has 4 N–H and O–H groups in total. The highest BCUT2D eigenvalue weighted by Gasteiger charge is 2.35. The number of H-pyrrole nitrogens is 1. The standard InChI is InChI=1S/C30H36ClIN6O4/c1-30(2,3)42-29(41)34-17-19-4-8-21(9-5-19)26(39)38(27(40)24(33)16-18-6-12-22(32)13-7-18)23-14-10-20(11-15-23)25-35-28(31)37-36-25/h6-7,10-15,19,21,24H,4-5,8-9,16-17,33H2,1-3H3,(H,34,41)(H,35,36,37)/t19?,21?,24-/m0/s1. The van der Waals surface area contributed by atoms with Crippen LogP contribution in [0.25, 0.3) is 11.4 Å². The van der Waals surface area contributed by atoms with Gasteiger partial charge in [0.15, 0.2) is 5.82 Å². The number of ether oxygens (including phenoxy) is 1. The van der Waals surface area contributed by atoms with Crippen molar-refractivity contribution in [3.8, 4) is 11.4 Å². The van der Waals surface area contributed by atoms with Crippen molar-refractivity contribution >= 4 is 57.8 Å². The Hall–Kier alpha value is -3.03. The Morgan fingerprint density at radius 1 is 1.10 bits per heavy atom. The molecule has 0 saturated heterocycles. The van der Waals surface area contributed by atoms with Crippen molar-refractivity contribution in [3.05, 3.63) is 62.9 Å². The van der Waals surface area contributed by atoms with Gasteiger partial charge in [-0.15, -0.1) is 0 Å². The van der Waals surface area contributed by atoms with Gasteiger partial charge in [0, 0.05) is 21.6 Å². The Morgan fingerprint density at radius 2 is 1.74 bits per heavy atom. The first-order valence-electron chi connectivity index (χ1n) is 13.9. The van der Waals surface area contributed by atoms with Crippen LogP contribution in [0.5, 0.6) is 0 Å². The van der Waals surface area contributed by atoms with Gasteiger partial charge in [-0.3, -0.25) is 9.59 Å². The number of rotatable bonds is 8. The molecule has 0 bridgehead atoms. The third kappa shape index (κ3) is 8.74. The quantitative estimate of drug-likeness (QED) is 0.263. The summed E-state index contributed by atoms with van der Waals surface area (Å²) in [6, 6.07) is 13.8. The SMILES string of the molecule is CC(C)(C)OC(=O)NCC1CCC(C(=O)N(C(=O)[C@@H](N)Cc2ccc(I)cc2)c2ccc(-c3n[nH]c(Cl)n3)cc2)CC1. The van der Waals surface area contributed by atoms with Crippen LogP contribution in [0.2, 0.25) is 5.28 Å². The van der Waals surface area contributed by atoms with Gasteiger partial charge in [0.05, 0.1) is 11.7 Å². The Bertz CT molecular complexity index is 1380. The number of benzene rings is 2. The molecular weight excluding hydrogens is 671 g/mol. The Kier molecular flexibility index (Phi) is 10.6. The largest absolute Gasteiger partial charge is 0.444 e. The molecule has 1 atom stereocenters. The molecule has 0 unspecified atom stereocenters. The Morgan fingerprint density at radius 3 is 2.31 bits per heavy atom. The van der Waals surface area contributed by atoms with Crippen LogP contribution in [0.1, 0.15) is 52.0 Å². The van der Waals surface area contributed by atoms with Crippen LogP contribution in [0.4, 0.5) is 10.5 Å². The number of halogens is 2. The average Bonchev–Trinajstić information content (AvgIpc) is 3.39. The van der Waals surface area contributed by atoms with Crippen molar-refractivity contribution in [2.45, 2.75) is 64.5 Å². The Balaban J connectivity index is 1.47. The van der Waals surface area contributed by atoms with Gasteiger partial charge >= 0.3 is 6.09 Å². The van der Waals surface area contributed by atoms with Crippen molar-refractivity contribution in [3.63, 3.8) is 0 Å². The molecule has 1 aromatic heterocycles. The van der Waals surface area contributed by atoms with E-state index in [1.54, 1.807) is 24.3 Å².